The Morgan fingerprint density at radius 2 is 2.29 bits per heavy atom. The molecule has 4 nitrogen and oxygen atoms in total. The normalized spacial score (nSPS) is 12.9. The Morgan fingerprint density at radius 1 is 1.47 bits per heavy atom. The van der Waals surface area contributed by atoms with Gasteiger partial charge in [0.15, 0.2) is 0 Å². The molecule has 2 heterocycles. The summed E-state index contributed by atoms with van der Waals surface area (Å²) in [5.74, 6) is 0.956. The molecule has 1 unspecified atom stereocenters. The first-order valence-corrected chi connectivity index (χ1v) is 5.99. The highest BCUT2D eigenvalue weighted by atomic mass is 16.3. The molecule has 2 rings (SSSR count). The smallest absolute Gasteiger partial charge is 0.129 e. The Labute approximate surface area is 102 Å². The summed E-state index contributed by atoms with van der Waals surface area (Å²) in [6, 6.07) is 4.06. The van der Waals surface area contributed by atoms with E-state index in [0.717, 1.165) is 30.0 Å². The second-order valence-electron chi connectivity index (χ2n) is 4.27. The van der Waals surface area contributed by atoms with Gasteiger partial charge in [-0.1, -0.05) is 6.92 Å². The summed E-state index contributed by atoms with van der Waals surface area (Å²) in [5.41, 5.74) is 2.16. The van der Waals surface area contributed by atoms with Crippen LogP contribution in [0.15, 0.2) is 29.0 Å². The monoisotopic (exact) mass is 233 g/mol. The largest absolute Gasteiger partial charge is 0.467 e. The van der Waals surface area contributed by atoms with E-state index in [1.165, 1.54) is 0 Å². The Balaban J connectivity index is 2.28. The number of hydrogen-bond donors (Lipinski definition) is 1. The van der Waals surface area contributed by atoms with E-state index in [2.05, 4.69) is 24.3 Å². The number of aromatic nitrogens is 2. The van der Waals surface area contributed by atoms with Gasteiger partial charge in [0.2, 0.25) is 0 Å². The van der Waals surface area contributed by atoms with Gasteiger partial charge in [-0.3, -0.25) is 4.68 Å². The number of rotatable bonds is 5. The topological polar surface area (TPSA) is 43.0 Å². The standard InChI is InChI=1S/C13H19N3O/c1-4-7-14-12(11-5-8-16(3)15-11)13-10(2)6-9-17-13/h5-6,8-9,12,14H,4,7H2,1-3H3. The number of nitrogens with one attached hydrogen (secondary N) is 1. The van der Waals surface area contributed by atoms with E-state index in [1.54, 1.807) is 6.26 Å². The molecule has 0 saturated carbocycles. The lowest BCUT2D eigenvalue weighted by molar-refractivity contribution is 0.437. The van der Waals surface area contributed by atoms with Crippen LogP contribution < -0.4 is 5.32 Å². The lowest BCUT2D eigenvalue weighted by atomic mass is 10.1. The summed E-state index contributed by atoms with van der Waals surface area (Å²) in [6.07, 6.45) is 4.77. The summed E-state index contributed by atoms with van der Waals surface area (Å²) < 4.78 is 7.39. The molecule has 0 aromatic carbocycles. The second kappa shape index (κ2) is 5.19. The summed E-state index contributed by atoms with van der Waals surface area (Å²) >= 11 is 0. The van der Waals surface area contributed by atoms with Gasteiger partial charge in [-0.05, 0) is 37.6 Å². The van der Waals surface area contributed by atoms with Crippen LogP contribution in [-0.4, -0.2) is 16.3 Å². The van der Waals surface area contributed by atoms with Crippen LogP contribution in [0.25, 0.3) is 0 Å². The van der Waals surface area contributed by atoms with E-state index in [9.17, 15) is 0 Å². The Hall–Kier alpha value is -1.55. The minimum Gasteiger partial charge on any atom is -0.467 e. The van der Waals surface area contributed by atoms with Crippen molar-refractivity contribution in [3.05, 3.63) is 41.6 Å². The Bertz CT molecular complexity index is 472. The van der Waals surface area contributed by atoms with E-state index < -0.39 is 0 Å². The highest BCUT2D eigenvalue weighted by molar-refractivity contribution is 5.25. The average Bonchev–Trinajstić information content (AvgIpc) is 2.90. The average molecular weight is 233 g/mol. The Kier molecular flexibility index (Phi) is 3.64. The van der Waals surface area contributed by atoms with Crippen LogP contribution in [0.3, 0.4) is 0 Å². The zero-order chi connectivity index (χ0) is 12.3. The maximum Gasteiger partial charge on any atom is 0.129 e. The third kappa shape index (κ3) is 2.58. The van der Waals surface area contributed by atoms with Crippen molar-refractivity contribution in [3.8, 4) is 0 Å². The molecular formula is C13H19N3O. The van der Waals surface area contributed by atoms with Crippen LogP contribution in [0.2, 0.25) is 0 Å². The minimum atomic E-state index is 0.0474. The van der Waals surface area contributed by atoms with Crippen molar-refractivity contribution in [2.45, 2.75) is 26.3 Å². The first-order chi connectivity index (χ1) is 8.22. The first-order valence-electron chi connectivity index (χ1n) is 5.99. The zero-order valence-corrected chi connectivity index (χ0v) is 10.6. The van der Waals surface area contributed by atoms with Gasteiger partial charge in [0.25, 0.3) is 0 Å². The molecule has 0 aliphatic carbocycles. The lowest BCUT2D eigenvalue weighted by Gasteiger charge is -2.15. The molecule has 0 fully saturated rings. The van der Waals surface area contributed by atoms with Crippen LogP contribution in [0.5, 0.6) is 0 Å². The van der Waals surface area contributed by atoms with Gasteiger partial charge >= 0.3 is 0 Å². The molecule has 2 aromatic rings. The molecule has 0 saturated heterocycles. The van der Waals surface area contributed by atoms with E-state index in [-0.39, 0.29) is 6.04 Å². The molecule has 0 aliphatic rings. The molecule has 0 radical (unpaired) electrons. The third-order valence-electron chi connectivity index (χ3n) is 2.79. The molecule has 0 bridgehead atoms. The summed E-state index contributed by atoms with van der Waals surface area (Å²) in [5, 5.41) is 7.93. The first kappa shape index (κ1) is 11.9. The molecule has 0 amide bonds. The highest BCUT2D eigenvalue weighted by Crippen LogP contribution is 2.24. The van der Waals surface area contributed by atoms with Gasteiger partial charge in [0.05, 0.1) is 12.0 Å². The van der Waals surface area contributed by atoms with Crippen LogP contribution in [0, 0.1) is 6.92 Å². The molecule has 1 N–H and O–H groups in total. The molecule has 92 valence electrons. The zero-order valence-electron chi connectivity index (χ0n) is 10.6. The number of hydrogen-bond acceptors (Lipinski definition) is 3. The SMILES string of the molecule is CCCNC(c1ccn(C)n1)c1occc1C. The van der Waals surface area contributed by atoms with Crippen LogP contribution in [-0.2, 0) is 7.05 Å². The fourth-order valence-electron chi connectivity index (χ4n) is 1.89. The highest BCUT2D eigenvalue weighted by Gasteiger charge is 2.20. The maximum absolute atomic E-state index is 5.58. The van der Waals surface area contributed by atoms with E-state index in [0.29, 0.717) is 0 Å². The summed E-state index contributed by atoms with van der Waals surface area (Å²) in [7, 11) is 1.93. The van der Waals surface area contributed by atoms with Gasteiger partial charge in [0.1, 0.15) is 11.8 Å². The second-order valence-corrected chi connectivity index (χ2v) is 4.27. The molecular weight excluding hydrogens is 214 g/mol. The van der Waals surface area contributed by atoms with Gasteiger partial charge in [-0.15, -0.1) is 0 Å². The third-order valence-corrected chi connectivity index (χ3v) is 2.79. The van der Waals surface area contributed by atoms with Gasteiger partial charge in [0, 0.05) is 13.2 Å². The van der Waals surface area contributed by atoms with Crippen molar-refractivity contribution in [1.82, 2.24) is 15.1 Å². The van der Waals surface area contributed by atoms with Crippen molar-refractivity contribution in [1.29, 1.82) is 0 Å². The van der Waals surface area contributed by atoms with Crippen molar-refractivity contribution >= 4 is 0 Å². The number of nitrogens with zero attached hydrogens (tertiary/aromatic N) is 2. The fraction of sp³-hybridized carbons (Fsp3) is 0.462. The fourth-order valence-corrected chi connectivity index (χ4v) is 1.89. The van der Waals surface area contributed by atoms with E-state index in [1.807, 2.05) is 30.1 Å². The molecule has 4 heteroatoms. The predicted molar refractivity (Wildman–Crippen MR) is 66.8 cm³/mol. The Morgan fingerprint density at radius 3 is 2.82 bits per heavy atom. The maximum atomic E-state index is 5.58. The molecule has 1 atom stereocenters. The minimum absolute atomic E-state index is 0.0474. The van der Waals surface area contributed by atoms with Crippen molar-refractivity contribution < 1.29 is 4.42 Å². The van der Waals surface area contributed by atoms with Crippen LogP contribution >= 0.6 is 0 Å². The van der Waals surface area contributed by atoms with Crippen molar-refractivity contribution in [2.75, 3.05) is 6.54 Å². The molecule has 0 aliphatic heterocycles. The number of furan rings is 1. The van der Waals surface area contributed by atoms with Gasteiger partial charge < -0.3 is 9.73 Å². The summed E-state index contributed by atoms with van der Waals surface area (Å²) in [6.45, 7) is 5.15. The quantitative estimate of drug-likeness (QED) is 0.862. The van der Waals surface area contributed by atoms with Gasteiger partial charge in [-0.25, -0.2) is 0 Å². The van der Waals surface area contributed by atoms with E-state index in [4.69, 9.17) is 4.42 Å². The van der Waals surface area contributed by atoms with Gasteiger partial charge in [-0.2, -0.15) is 5.10 Å². The van der Waals surface area contributed by atoms with Crippen molar-refractivity contribution in [2.24, 2.45) is 7.05 Å². The summed E-state index contributed by atoms with van der Waals surface area (Å²) in [4.78, 5) is 0. The number of aryl methyl sites for hydroxylation is 2. The van der Waals surface area contributed by atoms with Crippen molar-refractivity contribution in [3.63, 3.8) is 0 Å². The van der Waals surface area contributed by atoms with Crippen LogP contribution in [0.4, 0.5) is 0 Å². The molecule has 0 spiro atoms. The molecule has 2 aromatic heterocycles. The predicted octanol–water partition coefficient (Wildman–Crippen LogP) is 2.41. The van der Waals surface area contributed by atoms with Crippen LogP contribution in [0.1, 0.15) is 36.4 Å². The van der Waals surface area contributed by atoms with E-state index >= 15 is 0 Å². The lowest BCUT2D eigenvalue weighted by Crippen LogP contribution is -2.24. The molecule has 17 heavy (non-hydrogen) atoms.